The van der Waals surface area contributed by atoms with Gasteiger partial charge in [0.1, 0.15) is 0 Å². The van der Waals surface area contributed by atoms with E-state index < -0.39 is 6.41 Å². The fraction of sp³-hybridized carbons (Fsp3) is 0.812. The van der Waals surface area contributed by atoms with Gasteiger partial charge in [-0.05, 0) is 41.5 Å². The van der Waals surface area contributed by atoms with Gasteiger partial charge in [-0.3, -0.25) is 4.84 Å². The van der Waals surface area contributed by atoms with E-state index >= 15 is 0 Å². The van der Waals surface area contributed by atoms with E-state index in [1.54, 1.807) is 41.5 Å². The number of nitrogens with zero attached hydrogens (tertiary/aromatic N) is 6. The molecule has 13 nitrogen and oxygen atoms in total. The smallest absolute Gasteiger partial charge is 0.284 e. The van der Waals surface area contributed by atoms with E-state index in [1.807, 2.05) is 0 Å². The van der Waals surface area contributed by atoms with Crippen molar-refractivity contribution in [2.24, 2.45) is 0 Å². The maximum Gasteiger partial charge on any atom is 0.284 e. The maximum absolute atomic E-state index is 10.3. The number of hydroxylamine groups is 1. The number of ether oxygens (including phenoxy) is 1. The number of hydrogen-bond donors (Lipinski definition) is 1. The van der Waals surface area contributed by atoms with E-state index in [0.717, 1.165) is 15.5 Å². The second-order valence-corrected chi connectivity index (χ2v) is 4.95. The number of hydrogen-bond acceptors (Lipinski definition) is 13. The Morgan fingerprint density at radius 1 is 0.621 bits per heavy atom. The van der Waals surface area contributed by atoms with Crippen LogP contribution in [0.5, 0.6) is 0 Å². The summed E-state index contributed by atoms with van der Waals surface area (Å²) in [5.74, 6) is -0.0837. The second-order valence-electron chi connectivity index (χ2n) is 4.95. The van der Waals surface area contributed by atoms with E-state index in [4.69, 9.17) is 28.9 Å². The molecule has 0 aliphatic rings. The molecule has 0 bridgehead atoms. The van der Waals surface area contributed by atoms with Crippen molar-refractivity contribution >= 4 is 17.8 Å². The molecule has 168 valence electrons. The number of rotatable bonds is 16. The van der Waals surface area contributed by atoms with E-state index in [2.05, 4.69) is 15.0 Å². The summed E-state index contributed by atoms with van der Waals surface area (Å²) in [7, 11) is 0. The van der Waals surface area contributed by atoms with Gasteiger partial charge in [-0.25, -0.2) is 19.4 Å². The molecule has 29 heavy (non-hydrogen) atoms. The van der Waals surface area contributed by atoms with Gasteiger partial charge in [0.15, 0.2) is 0 Å². The zero-order chi connectivity index (χ0) is 21.6. The van der Waals surface area contributed by atoms with E-state index in [9.17, 15) is 5.11 Å². The van der Waals surface area contributed by atoms with Gasteiger partial charge in [0, 0.05) is 6.61 Å². The fourth-order valence-electron chi connectivity index (χ4n) is 1.96. The molecular formula is C16H32N6O7. The third-order valence-corrected chi connectivity index (χ3v) is 2.89. The molecule has 1 N–H and O–H groups in total. The highest BCUT2D eigenvalue weighted by Gasteiger charge is 2.26. The van der Waals surface area contributed by atoms with Gasteiger partial charge in [0.2, 0.25) is 0 Å². The largest absolute Gasteiger partial charge is 0.349 e. The minimum absolute atomic E-state index is 0.00786. The Morgan fingerprint density at radius 3 is 1.34 bits per heavy atom. The van der Waals surface area contributed by atoms with Crippen molar-refractivity contribution in [2.75, 3.05) is 55.2 Å². The molecule has 0 spiro atoms. The zero-order valence-electron chi connectivity index (χ0n) is 17.9. The second kappa shape index (κ2) is 14.2. The van der Waals surface area contributed by atoms with Crippen molar-refractivity contribution in [1.82, 2.24) is 15.0 Å². The number of anilines is 3. The first-order valence-electron chi connectivity index (χ1n) is 9.65. The first kappa shape index (κ1) is 25.2. The molecule has 1 aromatic heterocycles. The first-order valence-corrected chi connectivity index (χ1v) is 9.65. The monoisotopic (exact) mass is 420 g/mol. The van der Waals surface area contributed by atoms with Gasteiger partial charge in [-0.2, -0.15) is 20.0 Å². The topological polar surface area (TPSA) is 124 Å². The Kier molecular flexibility index (Phi) is 12.3. The highest BCUT2D eigenvalue weighted by Crippen LogP contribution is 2.22. The lowest BCUT2D eigenvalue weighted by Gasteiger charge is -2.28. The highest BCUT2D eigenvalue weighted by atomic mass is 17.0. The quantitative estimate of drug-likeness (QED) is 0.306. The molecule has 1 aromatic rings. The fourth-order valence-corrected chi connectivity index (χ4v) is 1.96. The molecule has 0 aliphatic carbocycles. The molecule has 13 heteroatoms. The average molecular weight is 420 g/mol. The summed E-state index contributed by atoms with van der Waals surface area (Å²) in [5, 5.41) is 13.4. The Morgan fingerprint density at radius 2 is 1.00 bits per heavy atom. The summed E-state index contributed by atoms with van der Waals surface area (Å²) in [6.45, 7) is 12.3. The summed E-state index contributed by atoms with van der Waals surface area (Å²) in [6.07, 6.45) is -1.46. The average Bonchev–Trinajstić information content (AvgIpc) is 2.71. The van der Waals surface area contributed by atoms with Crippen LogP contribution in [0.4, 0.5) is 17.8 Å². The van der Waals surface area contributed by atoms with Gasteiger partial charge < -0.3 is 9.84 Å². The van der Waals surface area contributed by atoms with Crippen LogP contribution in [0.3, 0.4) is 0 Å². The minimum Gasteiger partial charge on any atom is -0.349 e. The van der Waals surface area contributed by atoms with Crippen LogP contribution < -0.4 is 15.5 Å². The van der Waals surface area contributed by atoms with E-state index in [0.29, 0.717) is 26.4 Å². The molecule has 0 saturated heterocycles. The Balaban J connectivity index is 3.47. The highest BCUT2D eigenvalue weighted by molar-refractivity contribution is 5.41. The molecule has 0 aliphatic heterocycles. The summed E-state index contributed by atoms with van der Waals surface area (Å²) in [4.78, 5) is 40.0. The number of aromatic nitrogens is 3. The molecule has 1 heterocycles. The van der Waals surface area contributed by atoms with Crippen LogP contribution in [0.2, 0.25) is 0 Å². The molecule has 0 aromatic carbocycles. The van der Waals surface area contributed by atoms with Crippen molar-refractivity contribution in [1.29, 1.82) is 0 Å². The molecule has 0 fully saturated rings. The van der Waals surface area contributed by atoms with Crippen LogP contribution in [0.25, 0.3) is 0 Å². The van der Waals surface area contributed by atoms with Crippen LogP contribution in [-0.4, -0.2) is 66.1 Å². The molecule has 0 radical (unpaired) electrons. The van der Waals surface area contributed by atoms with Gasteiger partial charge >= 0.3 is 0 Å². The lowest BCUT2D eigenvalue weighted by Crippen LogP contribution is -2.40. The van der Waals surface area contributed by atoms with Crippen molar-refractivity contribution in [3.05, 3.63) is 0 Å². The van der Waals surface area contributed by atoms with Crippen LogP contribution in [0.15, 0.2) is 0 Å². The van der Waals surface area contributed by atoms with Gasteiger partial charge in [0.05, 0.1) is 33.0 Å². The predicted molar refractivity (Wildman–Crippen MR) is 103 cm³/mol. The van der Waals surface area contributed by atoms with Crippen molar-refractivity contribution in [3.8, 4) is 0 Å². The zero-order valence-corrected chi connectivity index (χ0v) is 17.9. The standard InChI is InChI=1S/C16H32N6O7/c1-7-24-16(23)20(25-8-2)13-17-14(21(26-9-3)27-10-4)19-15(18-13)22(28-11-5)29-12-6/h16,23H,7-12H2,1-6H3. The van der Waals surface area contributed by atoms with Crippen LogP contribution >= 0.6 is 0 Å². The Bertz CT molecular complexity index is 524. The van der Waals surface area contributed by atoms with E-state index in [1.165, 1.54) is 0 Å². The third kappa shape index (κ3) is 7.81. The summed E-state index contributed by atoms with van der Waals surface area (Å²) in [5.41, 5.74) is 0. The van der Waals surface area contributed by atoms with Crippen molar-refractivity contribution < 1.29 is 34.0 Å². The van der Waals surface area contributed by atoms with E-state index in [-0.39, 0.29) is 31.1 Å². The third-order valence-electron chi connectivity index (χ3n) is 2.89. The van der Waals surface area contributed by atoms with Crippen LogP contribution in [0.1, 0.15) is 41.5 Å². The summed E-state index contributed by atoms with van der Waals surface area (Å²) < 4.78 is 5.21. The van der Waals surface area contributed by atoms with Crippen molar-refractivity contribution in [2.45, 2.75) is 48.0 Å². The lowest BCUT2D eigenvalue weighted by molar-refractivity contribution is -0.150. The van der Waals surface area contributed by atoms with Crippen LogP contribution in [0, 0.1) is 0 Å². The Hall–Kier alpha value is -1.87. The molecule has 1 unspecified atom stereocenters. The summed E-state index contributed by atoms with van der Waals surface area (Å²) >= 11 is 0. The molecule has 1 rings (SSSR count). The molecule has 1 atom stereocenters. The summed E-state index contributed by atoms with van der Waals surface area (Å²) in [6, 6.07) is 0. The van der Waals surface area contributed by atoms with Crippen molar-refractivity contribution in [3.63, 3.8) is 0 Å². The Labute approximate surface area is 170 Å². The van der Waals surface area contributed by atoms with Crippen LogP contribution in [-0.2, 0) is 28.9 Å². The van der Waals surface area contributed by atoms with Gasteiger partial charge in [-0.15, -0.1) is 0 Å². The lowest BCUT2D eigenvalue weighted by atomic mass is 10.7. The number of aliphatic hydroxyl groups is 1. The first-order chi connectivity index (χ1) is 14.1. The maximum atomic E-state index is 10.3. The minimum atomic E-state index is -1.46. The number of aliphatic hydroxyl groups excluding tert-OH is 1. The molecular weight excluding hydrogens is 388 g/mol. The predicted octanol–water partition coefficient (Wildman–Crippen LogP) is 1.36. The SMILES string of the molecule is CCOC(O)N(OCC)c1nc(N(OCC)OCC)nc(N(OCC)OCC)n1. The van der Waals surface area contributed by atoms with Gasteiger partial charge in [0.25, 0.3) is 24.3 Å². The van der Waals surface area contributed by atoms with Gasteiger partial charge in [-0.1, -0.05) is 10.5 Å². The molecule has 0 saturated carbocycles. The molecule has 0 amide bonds. The normalized spacial score (nSPS) is 12.1.